The van der Waals surface area contributed by atoms with Crippen LogP contribution >= 0.6 is 0 Å². The maximum absolute atomic E-state index is 13.2. The molecule has 0 fully saturated rings. The minimum atomic E-state index is -2.19. The fraction of sp³-hybridized carbons (Fsp3) is 0.625. The SMILES string of the molecule is COc1ccc(C=CC(=O)OC(C)(O[Si](C)(C)C)C(C[SiH3])(O[Si](C)(C)C)O[Si](C)(C)C)cc1OC. The first-order valence-corrected chi connectivity index (χ1v) is 23.7. The third kappa shape index (κ3) is 9.98. The number of methoxy groups -OCH3 is 2. The molecule has 0 aliphatic carbocycles. The minimum absolute atomic E-state index is 0.529. The number of esters is 1. The molecule has 0 saturated carbocycles. The Morgan fingerprint density at radius 1 is 0.857 bits per heavy atom. The second kappa shape index (κ2) is 11.9. The van der Waals surface area contributed by atoms with Gasteiger partial charge < -0.3 is 27.5 Å². The zero-order valence-corrected chi connectivity index (χ0v) is 29.0. The molecule has 1 aromatic carbocycles. The van der Waals surface area contributed by atoms with Gasteiger partial charge in [-0.2, -0.15) is 0 Å². The quantitative estimate of drug-likeness (QED) is 0.146. The Morgan fingerprint density at radius 3 is 1.74 bits per heavy atom. The summed E-state index contributed by atoms with van der Waals surface area (Å²) < 4.78 is 36.8. The summed E-state index contributed by atoms with van der Waals surface area (Å²) in [6.45, 7) is 20.7. The van der Waals surface area contributed by atoms with E-state index < -0.39 is 42.5 Å². The van der Waals surface area contributed by atoms with Gasteiger partial charge in [0.1, 0.15) is 0 Å². The Kier molecular flexibility index (Phi) is 10.8. The van der Waals surface area contributed by atoms with Gasteiger partial charge in [-0.3, -0.25) is 0 Å². The zero-order chi connectivity index (χ0) is 27.3. The monoisotopic (exact) mass is 558 g/mol. The lowest BCUT2D eigenvalue weighted by Crippen LogP contribution is -2.67. The van der Waals surface area contributed by atoms with Gasteiger partial charge in [0.15, 0.2) is 36.5 Å². The average Bonchev–Trinajstić information content (AvgIpc) is 2.67. The fourth-order valence-electron chi connectivity index (χ4n) is 3.77. The van der Waals surface area contributed by atoms with Crippen molar-refractivity contribution < 1.29 is 32.3 Å². The molecule has 1 unspecified atom stereocenters. The van der Waals surface area contributed by atoms with Crippen LogP contribution in [0.4, 0.5) is 0 Å². The maximum Gasteiger partial charge on any atom is 0.333 e. The van der Waals surface area contributed by atoms with Crippen LogP contribution in [0.15, 0.2) is 24.3 Å². The van der Waals surface area contributed by atoms with Crippen LogP contribution in [0.1, 0.15) is 12.5 Å². The molecule has 0 amide bonds. The van der Waals surface area contributed by atoms with Crippen molar-refractivity contribution in [2.24, 2.45) is 0 Å². The van der Waals surface area contributed by atoms with E-state index in [0.717, 1.165) is 15.8 Å². The number of benzene rings is 1. The summed E-state index contributed by atoms with van der Waals surface area (Å²) >= 11 is 0. The third-order valence-electron chi connectivity index (χ3n) is 4.72. The van der Waals surface area contributed by atoms with E-state index in [9.17, 15) is 4.79 Å². The Morgan fingerprint density at radius 2 is 1.34 bits per heavy atom. The lowest BCUT2D eigenvalue weighted by molar-refractivity contribution is -0.316. The predicted octanol–water partition coefficient (Wildman–Crippen LogP) is 5.01. The van der Waals surface area contributed by atoms with Gasteiger partial charge in [-0.15, -0.1) is 0 Å². The maximum atomic E-state index is 13.2. The minimum Gasteiger partial charge on any atom is -0.493 e. The highest BCUT2D eigenvalue weighted by Crippen LogP contribution is 2.42. The number of carbonyl (C=O) groups excluding carboxylic acids is 1. The molecule has 0 N–H and O–H groups in total. The number of carbonyl (C=O) groups is 1. The topological polar surface area (TPSA) is 72.5 Å². The molecule has 1 atom stereocenters. The zero-order valence-electron chi connectivity index (χ0n) is 24.0. The Balaban J connectivity index is 3.45. The Hall–Kier alpha value is -1.22. The summed E-state index contributed by atoms with van der Waals surface area (Å²) in [6, 6.07) is 6.03. The van der Waals surface area contributed by atoms with Crippen LogP contribution in [0, 0.1) is 0 Å². The van der Waals surface area contributed by atoms with Crippen molar-refractivity contribution in [1.29, 1.82) is 0 Å². The molecule has 0 saturated heterocycles. The van der Waals surface area contributed by atoms with Crippen LogP contribution in [0.25, 0.3) is 6.08 Å². The normalized spacial score (nSPS) is 15.2. The first-order chi connectivity index (χ1) is 15.8. The van der Waals surface area contributed by atoms with E-state index in [1.807, 2.05) is 6.07 Å². The van der Waals surface area contributed by atoms with Gasteiger partial charge in [0.2, 0.25) is 5.79 Å². The predicted molar refractivity (Wildman–Crippen MR) is 154 cm³/mol. The van der Waals surface area contributed by atoms with Crippen molar-refractivity contribution in [3.8, 4) is 11.5 Å². The van der Waals surface area contributed by atoms with E-state index in [4.69, 9.17) is 27.5 Å². The summed E-state index contributed by atoms with van der Waals surface area (Å²) in [6.07, 6.45) is 3.08. The van der Waals surface area contributed by atoms with E-state index in [2.05, 4.69) is 58.9 Å². The van der Waals surface area contributed by atoms with Crippen molar-refractivity contribution in [2.75, 3.05) is 14.2 Å². The molecule has 0 heterocycles. The fourth-order valence-corrected chi connectivity index (χ4v) is 9.45. The summed E-state index contributed by atoms with van der Waals surface area (Å²) in [5.41, 5.74) is 0.776. The van der Waals surface area contributed by atoms with Crippen molar-refractivity contribution in [3.05, 3.63) is 29.8 Å². The summed E-state index contributed by atoms with van der Waals surface area (Å²) in [5, 5.41) is 0. The van der Waals surface area contributed by atoms with Crippen LogP contribution in [0.3, 0.4) is 0 Å². The molecule has 0 spiro atoms. The van der Waals surface area contributed by atoms with E-state index in [0.29, 0.717) is 17.5 Å². The molecule has 200 valence electrons. The molecular formula is C24H46O7Si4. The van der Waals surface area contributed by atoms with Gasteiger partial charge in [0.25, 0.3) is 5.79 Å². The van der Waals surface area contributed by atoms with Gasteiger partial charge >= 0.3 is 5.97 Å². The first kappa shape index (κ1) is 31.8. The van der Waals surface area contributed by atoms with E-state index in [-0.39, 0.29) is 0 Å². The summed E-state index contributed by atoms with van der Waals surface area (Å²) in [5.74, 6) is -1.90. The molecule has 11 heteroatoms. The molecule has 1 rings (SSSR count). The second-order valence-electron chi connectivity index (χ2n) is 11.6. The molecule has 0 aliphatic heterocycles. The smallest absolute Gasteiger partial charge is 0.333 e. The lowest BCUT2D eigenvalue weighted by Gasteiger charge is -2.52. The highest BCUT2D eigenvalue weighted by Gasteiger charge is 2.58. The van der Waals surface area contributed by atoms with E-state index >= 15 is 0 Å². The highest BCUT2D eigenvalue weighted by atomic mass is 28.4. The van der Waals surface area contributed by atoms with E-state index in [1.165, 1.54) is 6.08 Å². The van der Waals surface area contributed by atoms with Gasteiger partial charge in [-0.05, 0) is 88.7 Å². The average molecular weight is 559 g/mol. The van der Waals surface area contributed by atoms with Crippen molar-refractivity contribution in [3.63, 3.8) is 0 Å². The molecule has 1 aromatic rings. The highest BCUT2D eigenvalue weighted by molar-refractivity contribution is 6.71. The van der Waals surface area contributed by atoms with Gasteiger partial charge in [-0.1, -0.05) is 6.07 Å². The lowest BCUT2D eigenvalue weighted by atomic mass is 10.1. The van der Waals surface area contributed by atoms with Gasteiger partial charge in [-0.25, -0.2) is 4.79 Å². The van der Waals surface area contributed by atoms with Crippen LogP contribution < -0.4 is 9.47 Å². The summed E-state index contributed by atoms with van der Waals surface area (Å²) in [7, 11) is -2.50. The van der Waals surface area contributed by atoms with Gasteiger partial charge in [0, 0.05) is 23.2 Å². The summed E-state index contributed by atoms with van der Waals surface area (Å²) in [4.78, 5) is 13.2. The molecule has 0 aliphatic rings. The van der Waals surface area contributed by atoms with Crippen molar-refractivity contribution in [1.82, 2.24) is 0 Å². The third-order valence-corrected chi connectivity index (χ3v) is 8.53. The number of ether oxygens (including phenoxy) is 3. The van der Waals surface area contributed by atoms with Crippen LogP contribution in [-0.4, -0.2) is 67.0 Å². The van der Waals surface area contributed by atoms with Crippen LogP contribution in [0.5, 0.6) is 11.5 Å². The Labute approximate surface area is 218 Å². The molecular weight excluding hydrogens is 513 g/mol. The molecule has 0 radical (unpaired) electrons. The van der Waals surface area contributed by atoms with E-state index in [1.54, 1.807) is 39.4 Å². The van der Waals surface area contributed by atoms with Crippen LogP contribution in [0.2, 0.25) is 65.0 Å². The van der Waals surface area contributed by atoms with Crippen molar-refractivity contribution >= 4 is 47.2 Å². The second-order valence-corrected chi connectivity index (χ2v) is 25.6. The van der Waals surface area contributed by atoms with Gasteiger partial charge in [0.05, 0.1) is 14.2 Å². The molecule has 0 aromatic heterocycles. The largest absolute Gasteiger partial charge is 0.493 e. The standard InChI is InChI=1S/C24H46O7Si4/c1-23(29-33(4,5)6,24(18-32,30-34(7,8)9)31-35(10,11)12)28-22(25)16-14-19-13-15-20(26-2)21(17-19)27-3/h13-17H,18H2,1-12,32H3. The van der Waals surface area contributed by atoms with Crippen molar-refractivity contribution in [2.45, 2.75) is 83.5 Å². The number of rotatable bonds is 13. The molecule has 35 heavy (non-hydrogen) atoms. The Bertz CT molecular complexity index is 869. The first-order valence-electron chi connectivity index (χ1n) is 12.0. The number of hydrogen-bond acceptors (Lipinski definition) is 7. The molecule has 7 nitrogen and oxygen atoms in total. The number of hydrogen-bond donors (Lipinski definition) is 0. The van der Waals surface area contributed by atoms with Crippen LogP contribution in [-0.2, 0) is 22.8 Å². The molecule has 0 bridgehead atoms.